The van der Waals surface area contributed by atoms with Crippen LogP contribution in [0.5, 0.6) is 11.5 Å². The average molecular weight is 1920 g/mol. The molecule has 0 radical (unpaired) electrons. The highest BCUT2D eigenvalue weighted by molar-refractivity contribution is 6.03. The number of benzene rings is 4. The molecule has 4 aromatic carbocycles. The lowest BCUT2D eigenvalue weighted by Crippen LogP contribution is -2.71. The van der Waals surface area contributed by atoms with Crippen molar-refractivity contribution in [3.8, 4) is 33.8 Å². The van der Waals surface area contributed by atoms with Gasteiger partial charge in [0, 0.05) is 365 Å². The quantitative estimate of drug-likeness (QED) is 0.0325. The van der Waals surface area contributed by atoms with Crippen LogP contribution in [0.1, 0.15) is 506 Å². The molecule has 28 nitrogen and oxygen atoms in total. The molecule has 7 amide bonds. The second kappa shape index (κ2) is 35.4. The van der Waals surface area contributed by atoms with Gasteiger partial charge >= 0.3 is 0 Å². The molecule has 1034 valence electrons. The topological polar surface area (TPSA) is 436 Å². The molecule has 0 aliphatic carbocycles. The van der Waals surface area contributed by atoms with Crippen molar-refractivity contribution in [1.29, 1.82) is 0 Å². The fraction of sp³-hybridized carbons (Fsp3) is 0.587. The zero-order valence-corrected chi connectivity index (χ0v) is 61.1. The minimum absolute atomic E-state index is 0. The normalized spacial score (nSPS) is 28.9. The zero-order chi connectivity index (χ0) is 79.3. The number of aliphatic hydroxyl groups excluding tert-OH is 7. The van der Waals surface area contributed by atoms with Crippen LogP contribution in [-0.2, 0) is 38.7 Å². The molecule has 0 spiro atoms. The molecular weight excluding hydrogens is 1330 g/mol. The number of β-amino-alcohol motifs (C(OH)–C–C–N with tert-alkyl or cyclic N) is 1. The molecule has 0 saturated carbocycles. The van der Waals surface area contributed by atoms with Crippen LogP contribution in [0, 0.1) is 57.8 Å². The smallest absolute Gasteiger partial charge is 0.252 e. The van der Waals surface area contributed by atoms with E-state index in [-0.39, 0.29) is 396 Å². The fourth-order valence-corrected chi connectivity index (χ4v) is 14.2. The third kappa shape index (κ3) is 17.8. The number of hydrogen-bond acceptors (Lipinski definition) is 21. The number of phenols is 1. The van der Waals surface area contributed by atoms with E-state index in [4.69, 9.17) is 20.1 Å². The first-order valence-corrected chi connectivity index (χ1v) is 34.5. The second-order valence-electron chi connectivity index (χ2n) is 28.6. The number of aliphatic hydroxyl groups is 7. The molecule has 3 saturated heterocycles. The van der Waals surface area contributed by atoms with E-state index < -0.39 is 179 Å². The van der Waals surface area contributed by atoms with E-state index in [2.05, 4.69) is 45.5 Å². The van der Waals surface area contributed by atoms with E-state index in [0.717, 1.165) is 65.9 Å². The first-order chi connectivity index (χ1) is 49.0. The molecule has 28 heteroatoms. The van der Waals surface area contributed by atoms with Crippen LogP contribution in [-0.4, -0.2) is 205 Å². The Labute approximate surface area is 950 Å². The van der Waals surface area contributed by atoms with Crippen molar-refractivity contribution >= 4 is 41.4 Å². The highest BCUT2D eigenvalue weighted by Crippen LogP contribution is 2.47. The van der Waals surface area contributed by atoms with Crippen LogP contribution in [0.25, 0.3) is 22.3 Å². The van der Waals surface area contributed by atoms with Gasteiger partial charge in [0.1, 0.15) is 65.1 Å². The largest absolute Gasteiger partial charge is 0.508 e. The molecule has 7 rings (SSSR count). The van der Waals surface area contributed by atoms with Gasteiger partial charge in [-0.15, -0.1) is 0 Å². The van der Waals surface area contributed by atoms with Crippen molar-refractivity contribution in [3.05, 3.63) is 106 Å². The van der Waals surface area contributed by atoms with Gasteiger partial charge in [0.15, 0.2) is 6.23 Å². The van der Waals surface area contributed by atoms with Crippen molar-refractivity contribution < 1.29 is 439 Å². The SMILES string of the molecule is C.OOO.[2H]c1c([2H])c(-c2ccc(-c3ccc(OC(C)CC(C)CC)cc3C)cc2C)c([2H])c(C)c1C(=O)N[C@@H]1C(=O)N[C@@](C)([C@H](O)CC)C(=O)N2C[C@H](O)C[C@@]2(C)C(=O)N[C@@H]([C@H](O)[C@@H](O)c2ccc(O)c(C)c2C)C(=O)N[C@@H]([C@H](O)CC)C(=O)N2C(C)[C@](C)(C(C)C)[C@H](O)[C@H]2C(=O)N[C@H](OO)[C@H](O)C1C.[HH].[HH].[HH].[HH].[HH].[HH].[HH].[HH].[HH].[HH].[HH].[HH].[HH].[HH].[HH].[HH].[HH].[HH].[HH].[HH].[HH].[HH].[HH].[HH].[HH].[HH].[HH].[HH].[HH].[HH].[HH].[HH].[HH].[HH].[HH].[HH].[HH].[HH].[HH].[HH].[HH].[HH].[HH].[HH].[HH].[HH].[HH].[HH].[HH].[HH].[HH].[HH].[HH].[HH].[HH].[HH].[HH].[HH].[HH].[HH].[HH].[HH].[HH].[HH].[HH].[HH].[HH].[HH].[HH].[HH].[HH].[HH].[HH].[HH].[HH].[HH].[HH].[HH].[HH].[HH].[HH].[HH].[HH].[HH].[HH].[HH].[HH].[HH].[HH].[HH].[HH].[HH].[HH].[HH].[HH].[HH].[HH].[HH].[HH].[HH].[HH].[HH].[HH].[HH].[HH].[HH].[HH].[HH].[HH].[HH].[HH].[HH].[HH].[HH].[HH].[HH].[HH].[HH].[HH].[HH].[HH].[HH].[HH].[HH].[HH].[HH].[HH].[HH].[HH].[HH].[HH].[HH].[HH].[HH].[HH].[HH].[HH].[HH].[HH].[HH].[HH].[HH].[HH].[HH].[HH].[HH].[HH].[HH].[HH].[HH].[HH].[HH].[HH].[HH].[HH].[HH].[HH].[HH].[HH].[HH].[HH].[HH].[HH].[HH].[HH].[HH].[HH].[HH].[HH].[HH].[HH].[HH].[HH].[HH].[HH].[HH].[HH].[HH].[HH].[HH].[HH].[HH].[HH].[HH].[HH].[HH].[HH].[HH].[HH].[HH].[HH].[HH].[HH].[HH].[HH].[HH].[HH].[HH].[HH].[HH].[HH].[HH].[HH].[HH].[HH].[HH].[HH].[HH].[HH].[HH].[HH].[HH].[HH].[HH].[HH].[HH].[HH].[HH].[HH].[HH].[HH].[HH].[HH].[HH].[HH].[HH].[HH].[HH].[HH].[HH].[HH]. The Morgan fingerprint density at radius 1 is 0.757 bits per heavy atom. The van der Waals surface area contributed by atoms with Crippen molar-refractivity contribution in [2.45, 2.75) is 254 Å². The number of ether oxygens (including phenoxy) is 1. The van der Waals surface area contributed by atoms with E-state index in [9.17, 15) is 50.2 Å². The number of rotatable bonds is 18. The minimum Gasteiger partial charge on any atom is -0.508 e. The summed E-state index contributed by atoms with van der Waals surface area (Å²) in [5.74, 6) is -10.7. The lowest BCUT2D eigenvalue weighted by atomic mass is 9.71. The molecule has 4 unspecified atom stereocenters. The van der Waals surface area contributed by atoms with Crippen molar-refractivity contribution in [3.63, 3.8) is 0 Å². The summed E-state index contributed by atoms with van der Waals surface area (Å²) in [6.07, 6.45) is -15.7. The van der Waals surface area contributed by atoms with E-state index in [1.165, 1.54) is 53.7 Å². The first kappa shape index (κ1) is 81.0. The number of fused-ring (bicyclic) bond motifs is 2. The summed E-state index contributed by atoms with van der Waals surface area (Å²) in [7, 11) is 0. The summed E-state index contributed by atoms with van der Waals surface area (Å²) in [6, 6.07) is 2.08. The summed E-state index contributed by atoms with van der Waals surface area (Å²) in [4.78, 5) is 114. The second-order valence-corrected chi connectivity index (χ2v) is 28.6. The van der Waals surface area contributed by atoms with Gasteiger partial charge in [-0.1, -0.05) is 117 Å². The molecule has 0 aromatic heterocycles. The van der Waals surface area contributed by atoms with Crippen LogP contribution in [0.15, 0.2) is 66.7 Å². The van der Waals surface area contributed by atoms with Crippen LogP contribution in [0.3, 0.4) is 0 Å². The lowest BCUT2D eigenvalue weighted by Gasteiger charge is -2.43. The van der Waals surface area contributed by atoms with Crippen LogP contribution < -0.4 is 31.3 Å². The number of nitrogens with one attached hydrogen (secondary N) is 5. The molecule has 3 heterocycles. The van der Waals surface area contributed by atoms with Gasteiger partial charge in [0.2, 0.25) is 29.5 Å². The Balaban J connectivity index is -0.00000000228. The number of carbonyl (C=O) groups is 7. The van der Waals surface area contributed by atoms with Gasteiger partial charge in [0.05, 0.1) is 34.6 Å². The Hall–Kier alpha value is -7.71. The van der Waals surface area contributed by atoms with Crippen LogP contribution in [0.2, 0.25) is 0 Å². The molecule has 3 aliphatic rings. The van der Waals surface area contributed by atoms with Crippen molar-refractivity contribution in [2.75, 3.05) is 6.54 Å². The van der Waals surface area contributed by atoms with Crippen molar-refractivity contribution in [2.24, 2.45) is 23.2 Å². The van der Waals surface area contributed by atoms with E-state index in [0.29, 0.717) is 17.0 Å². The first-order valence-electron chi connectivity index (χ1n) is 36.0. The maximum Gasteiger partial charge on any atom is 0.252 e. The standard InChI is InChI=1S/C74H105N7O18.CH4.H2O3.231H2/c1-18-36(6)29-40(10)98-48-23-26-50(39(9)32-48)45-21-24-49(37(7)30-45)46-22-25-51(38(8)31-46)64(90)75-56-43(13)60(86)68(99-97)78-67(93)59-63(89)73(16,35(4)5)44(14)81(59)69(94)57(53(83)19-2)76-65(91)58(62(88)61(87)52-27-28-54(84)42(12)41(52)11)77-70(95)72(15)33-47(82)34-80(72)71(96)74(17,55(85)20-3)79-66(56)92;;1-3-2;;;;;;;;;;;;;;;;;;;;;;;;;;;;;;;;;;;;;;;;;;;;;;;;;;;;;;;;;;;;;;;;;;;;;;;;;;;;;;;;;;;;;;;;;;;;;;;;;;;;;;;;;;;;;;;;;;;;;;;;;;;;;;;;;;;;;;;;;;;;;;;;;;;;;;;;;;;;;;;;;;;;;;;;;;;;;;;;;;;;;;;;;;;;;;;;;;;;;;;;;;;;;;;;;;;;;;;;;;;;;;;;;;;;;;;/h21-28,30-32,35-36,40,43-44,47,53,55-63,68,82-89,97H,18-20,29,33-34H2,1-17H3,(H,75,90)(H,76,91)(H,77,95)(H,78,93)(H,79,92);1H4;1-2H;231*1H/t36?,40?,43?,44?,47-,53-,55-,56+,57+,58+,59+,60-,61+,62+,63-,68-,72+,73+,74+;;;;;;;;;;;;;;;;;;;;;;;;;;;;;;;;;;;;;;;;;;;;;;;;;;;;;;;;;;;;;;;;;;;;;;;;;;;;;;;;;;;;;;;;;;;;;;;;;;;;;;;;;;;;;;;;;;;;;;;;;;;;;;;;;;;;;;;;;;;;;;;;;;;;;;;;;;;;;;;;;;;;;;;;;;;;;;;;;;;;;;;;;;;;;;;;;;;;;;;;;;;;;;;;;;;;;;;;;;;;;;;;;;;;;;;;;/m1........................................................................................................................................................................................................................................./s1/i22D,25D,31D;;;;;;;;;;;;;;;;;;;;;;;;;;;;;;;;;;;;;;;;;;;;;;;;;;;;;;;;;;;;;;;;;;;;;;;;;;;;;;;;;;;;;;;;;;;;;;;;;;;;;;;;;;;;;;;;;;;;;;;;;;;;;;;;;;;;;;;;;;;;;;;;;;;;;;;;;;;;;;;;;;;;;;;;;;;;;;;;;;;;;;;;;;;;;;;;;;;;;;;;;;;;;;;;;;;;;;;;;;;;;;;;;;;;;;;;;. The van der Waals surface area contributed by atoms with Gasteiger partial charge in [-0.3, -0.25) is 33.6 Å². The Morgan fingerprint density at radius 2 is 1.37 bits per heavy atom. The lowest BCUT2D eigenvalue weighted by molar-refractivity contribution is -0.465. The summed E-state index contributed by atoms with van der Waals surface area (Å²) >= 11 is 0. The molecule has 0 bridgehead atoms. The molecule has 19 atom stereocenters. The van der Waals surface area contributed by atoms with E-state index in [1.54, 1.807) is 33.8 Å². The summed E-state index contributed by atoms with van der Waals surface area (Å²) < 4.78 is 34.6. The molecule has 3 fully saturated rings. The zero-order valence-electron chi connectivity index (χ0n) is 64.1. The highest BCUT2D eigenvalue weighted by Gasteiger charge is 2.62. The van der Waals surface area contributed by atoms with Gasteiger partial charge in [-0.25, -0.2) is 20.7 Å². The van der Waals surface area contributed by atoms with Gasteiger partial charge in [-0.05, 0) is 173 Å². The predicted octanol–water partition coefficient (Wildman–Crippen LogP) is 62.4. The number of aromatic hydroxyl groups is 1. The number of nitrogens with zero attached hydrogens (tertiary/aromatic N) is 2. The Kier molecular flexibility index (Phi) is 27.8. The monoisotopic (exact) mass is 1910 g/mol. The van der Waals surface area contributed by atoms with Crippen LogP contribution in [0.4, 0.5) is 0 Å². The minimum atomic E-state index is -2.62. The van der Waals surface area contributed by atoms with E-state index in [1.807, 2.05) is 44.2 Å². The Bertz CT molecular complexity index is 4100. The number of aryl methyl sites for hydroxylation is 2. The molecule has 16 N–H and O–H groups in total. The summed E-state index contributed by atoms with van der Waals surface area (Å²) in [5, 5.41) is 133. The number of hydrogen-bond donors (Lipinski definition) is 16. The van der Waals surface area contributed by atoms with Crippen molar-refractivity contribution in [1.82, 2.24) is 36.4 Å². The van der Waals surface area contributed by atoms with Gasteiger partial charge in [-0.2, -0.15) is 0 Å². The van der Waals surface area contributed by atoms with Crippen LogP contribution >= 0.6 is 0 Å². The average Bonchev–Trinajstić information content (AvgIpc) is 1.57. The van der Waals surface area contributed by atoms with E-state index >= 15 is 33.6 Å². The third-order valence-electron chi connectivity index (χ3n) is 21.6. The Morgan fingerprint density at radius 3 is 1.94 bits per heavy atom. The third-order valence-corrected chi connectivity index (χ3v) is 21.6. The molecule has 4 aromatic rings. The predicted molar refractivity (Wildman–Crippen MR) is 871 cm³/mol. The molecule has 3 aliphatic heterocycles. The number of phenolic OH excluding ortho intramolecular Hbond substituents is 1. The summed E-state index contributed by atoms with van der Waals surface area (Å²) in [5.41, 5.74) is -3.04. The molecule has 103 heavy (non-hydrogen) atoms. The summed E-state index contributed by atoms with van der Waals surface area (Å²) in [6.45, 7) is 26.3. The molecular formula is C75H573N7O21. The van der Waals surface area contributed by atoms with Gasteiger partial charge in [0.25, 0.3) is 11.8 Å². The highest BCUT2D eigenvalue weighted by atomic mass is 17.4. The fourth-order valence-electron chi connectivity index (χ4n) is 14.2. The number of amides is 7. The van der Waals surface area contributed by atoms with Gasteiger partial charge < -0.3 is 82.0 Å². The maximum atomic E-state index is 15.6. The maximum absolute atomic E-state index is 15.6. The number of carbonyl (C=O) groups excluding carboxylic acids is 7.